The van der Waals surface area contributed by atoms with Crippen LogP contribution in [-0.2, 0) is 14.9 Å². The fraction of sp³-hybridized carbons (Fsp3) is 0.889. The minimum absolute atomic E-state index is 0.0145. The average molecular weight is 266 g/mol. The molecule has 0 spiro atoms. The van der Waals surface area contributed by atoms with E-state index in [0.29, 0.717) is 0 Å². The Balaban J connectivity index is 2.66. The van der Waals surface area contributed by atoms with Gasteiger partial charge in [-0.15, -0.1) is 0 Å². The Morgan fingerprint density at radius 2 is 2.18 bits per heavy atom. The van der Waals surface area contributed by atoms with E-state index in [1.165, 1.54) is 0 Å². The zero-order valence-electron chi connectivity index (χ0n) is 9.76. The highest BCUT2D eigenvalue weighted by Gasteiger charge is 2.34. The van der Waals surface area contributed by atoms with E-state index in [1.54, 1.807) is 6.92 Å². The predicted octanol–water partition coefficient (Wildman–Crippen LogP) is -0.176. The SMILES string of the molecule is CCOC(=O)NS(=O)(=O)N(CCO)C1CCC1. The molecule has 1 rings (SSSR count). The maximum atomic E-state index is 11.8. The largest absolute Gasteiger partial charge is 0.449 e. The van der Waals surface area contributed by atoms with E-state index >= 15 is 0 Å². The normalized spacial score (nSPS) is 16.6. The molecule has 0 aromatic rings. The number of hydrogen-bond donors (Lipinski definition) is 2. The summed E-state index contributed by atoms with van der Waals surface area (Å²) in [5.41, 5.74) is 0. The van der Waals surface area contributed by atoms with Gasteiger partial charge < -0.3 is 9.84 Å². The number of aliphatic hydroxyl groups is 1. The lowest BCUT2D eigenvalue weighted by Crippen LogP contribution is -2.51. The first-order chi connectivity index (χ1) is 8.01. The van der Waals surface area contributed by atoms with Gasteiger partial charge in [0.15, 0.2) is 0 Å². The Labute approximate surface area is 101 Å². The zero-order valence-corrected chi connectivity index (χ0v) is 10.6. The lowest BCUT2D eigenvalue weighted by atomic mass is 9.93. The maximum Gasteiger partial charge on any atom is 0.421 e. The van der Waals surface area contributed by atoms with E-state index in [2.05, 4.69) is 4.74 Å². The van der Waals surface area contributed by atoms with E-state index in [4.69, 9.17) is 5.11 Å². The first kappa shape index (κ1) is 14.2. The topological polar surface area (TPSA) is 95.9 Å². The molecule has 1 aliphatic rings. The number of amides is 1. The van der Waals surface area contributed by atoms with Gasteiger partial charge in [0.2, 0.25) is 0 Å². The Bertz CT molecular complexity index is 352. The molecular formula is C9H18N2O5S. The van der Waals surface area contributed by atoms with E-state index in [-0.39, 0.29) is 25.8 Å². The second kappa shape index (κ2) is 6.18. The Morgan fingerprint density at radius 1 is 1.53 bits per heavy atom. The lowest BCUT2D eigenvalue weighted by molar-refractivity contribution is 0.153. The van der Waals surface area contributed by atoms with Gasteiger partial charge in [0.25, 0.3) is 0 Å². The summed E-state index contributed by atoms with van der Waals surface area (Å²) in [6, 6.07) is -0.130. The molecule has 1 fully saturated rings. The summed E-state index contributed by atoms with van der Waals surface area (Å²) in [6.45, 7) is 1.40. The number of ether oxygens (including phenoxy) is 1. The molecule has 0 radical (unpaired) electrons. The second-order valence-corrected chi connectivity index (χ2v) is 5.37. The molecule has 2 N–H and O–H groups in total. The quantitative estimate of drug-likeness (QED) is 0.695. The molecule has 8 heteroatoms. The third-order valence-electron chi connectivity index (χ3n) is 2.60. The fourth-order valence-electron chi connectivity index (χ4n) is 1.60. The summed E-state index contributed by atoms with van der Waals surface area (Å²) in [6.07, 6.45) is 1.48. The van der Waals surface area contributed by atoms with Crippen LogP contribution in [0.15, 0.2) is 0 Å². The van der Waals surface area contributed by atoms with Gasteiger partial charge in [0, 0.05) is 12.6 Å². The van der Waals surface area contributed by atoms with Crippen molar-refractivity contribution >= 4 is 16.3 Å². The van der Waals surface area contributed by atoms with E-state index < -0.39 is 16.3 Å². The smallest absolute Gasteiger partial charge is 0.421 e. The second-order valence-electron chi connectivity index (χ2n) is 3.75. The van der Waals surface area contributed by atoms with Crippen molar-refractivity contribution < 1.29 is 23.1 Å². The Morgan fingerprint density at radius 3 is 2.59 bits per heavy atom. The van der Waals surface area contributed by atoms with Gasteiger partial charge in [-0.2, -0.15) is 12.7 Å². The highest BCUT2D eigenvalue weighted by molar-refractivity contribution is 7.87. The number of aliphatic hydroxyl groups excluding tert-OH is 1. The summed E-state index contributed by atoms with van der Waals surface area (Å²) in [4.78, 5) is 11.1. The van der Waals surface area contributed by atoms with E-state index in [1.807, 2.05) is 4.72 Å². The van der Waals surface area contributed by atoms with Crippen molar-refractivity contribution in [2.45, 2.75) is 32.2 Å². The first-order valence-corrected chi connectivity index (χ1v) is 7.02. The van der Waals surface area contributed by atoms with Crippen molar-refractivity contribution in [1.82, 2.24) is 9.03 Å². The molecule has 0 aromatic heterocycles. The molecule has 0 heterocycles. The van der Waals surface area contributed by atoms with Gasteiger partial charge in [-0.3, -0.25) is 0 Å². The van der Waals surface area contributed by atoms with Gasteiger partial charge in [-0.25, -0.2) is 9.52 Å². The maximum absolute atomic E-state index is 11.8. The van der Waals surface area contributed by atoms with Crippen LogP contribution in [0.4, 0.5) is 4.79 Å². The molecule has 1 aliphatic carbocycles. The van der Waals surface area contributed by atoms with Crippen molar-refractivity contribution in [2.24, 2.45) is 0 Å². The fourth-order valence-corrected chi connectivity index (χ4v) is 2.91. The van der Waals surface area contributed by atoms with Crippen LogP contribution in [0.25, 0.3) is 0 Å². The monoisotopic (exact) mass is 266 g/mol. The number of hydrogen-bond acceptors (Lipinski definition) is 5. The molecule has 100 valence electrons. The van der Waals surface area contributed by atoms with Crippen LogP contribution in [0.2, 0.25) is 0 Å². The van der Waals surface area contributed by atoms with Crippen LogP contribution >= 0.6 is 0 Å². The summed E-state index contributed by atoms with van der Waals surface area (Å²) >= 11 is 0. The van der Waals surface area contributed by atoms with Gasteiger partial charge >= 0.3 is 16.3 Å². The van der Waals surface area contributed by atoms with Crippen LogP contribution in [-0.4, -0.2) is 49.7 Å². The number of carbonyl (C=O) groups excluding carboxylic acids is 1. The predicted molar refractivity (Wildman–Crippen MR) is 60.5 cm³/mol. The van der Waals surface area contributed by atoms with Crippen LogP contribution in [0.5, 0.6) is 0 Å². The van der Waals surface area contributed by atoms with E-state index in [0.717, 1.165) is 23.6 Å². The molecule has 17 heavy (non-hydrogen) atoms. The third-order valence-corrected chi connectivity index (χ3v) is 4.12. The minimum Gasteiger partial charge on any atom is -0.449 e. The molecule has 0 unspecified atom stereocenters. The Hall–Kier alpha value is -0.860. The Kier molecular flexibility index (Phi) is 5.16. The van der Waals surface area contributed by atoms with Crippen molar-refractivity contribution in [3.8, 4) is 0 Å². The minimum atomic E-state index is -3.92. The molecule has 1 amide bonds. The lowest BCUT2D eigenvalue weighted by Gasteiger charge is -2.35. The third kappa shape index (κ3) is 3.83. The molecular weight excluding hydrogens is 248 g/mol. The molecule has 0 aromatic carbocycles. The summed E-state index contributed by atoms with van der Waals surface area (Å²) < 4.78 is 31.1. The number of nitrogens with zero attached hydrogens (tertiary/aromatic N) is 1. The van der Waals surface area contributed by atoms with E-state index in [9.17, 15) is 13.2 Å². The number of rotatable bonds is 6. The molecule has 0 atom stereocenters. The van der Waals surface area contributed by atoms with Gasteiger partial charge in [0.1, 0.15) is 0 Å². The van der Waals surface area contributed by atoms with Crippen molar-refractivity contribution in [2.75, 3.05) is 19.8 Å². The van der Waals surface area contributed by atoms with Gasteiger partial charge in [0.05, 0.1) is 13.2 Å². The first-order valence-electron chi connectivity index (χ1n) is 5.58. The van der Waals surface area contributed by atoms with Gasteiger partial charge in [-0.05, 0) is 19.8 Å². The number of carbonyl (C=O) groups is 1. The van der Waals surface area contributed by atoms with Crippen molar-refractivity contribution in [3.05, 3.63) is 0 Å². The van der Waals surface area contributed by atoms with Crippen LogP contribution in [0, 0.1) is 0 Å². The highest BCUT2D eigenvalue weighted by Crippen LogP contribution is 2.26. The molecule has 7 nitrogen and oxygen atoms in total. The highest BCUT2D eigenvalue weighted by atomic mass is 32.2. The van der Waals surface area contributed by atoms with Crippen LogP contribution in [0.3, 0.4) is 0 Å². The molecule has 0 aliphatic heterocycles. The summed E-state index contributed by atoms with van der Waals surface area (Å²) in [5, 5.41) is 8.86. The van der Waals surface area contributed by atoms with Crippen molar-refractivity contribution in [3.63, 3.8) is 0 Å². The summed E-state index contributed by atoms with van der Waals surface area (Å²) in [5.74, 6) is 0. The van der Waals surface area contributed by atoms with Crippen LogP contribution < -0.4 is 4.72 Å². The molecule has 0 saturated heterocycles. The standard InChI is InChI=1S/C9H18N2O5S/c1-2-16-9(13)10-17(14,15)11(6-7-12)8-4-3-5-8/h8,12H,2-7H2,1H3,(H,10,13). The zero-order chi connectivity index (χ0) is 12.9. The number of nitrogens with one attached hydrogen (secondary N) is 1. The average Bonchev–Trinajstić information content (AvgIpc) is 2.13. The van der Waals surface area contributed by atoms with Gasteiger partial charge in [-0.1, -0.05) is 6.42 Å². The van der Waals surface area contributed by atoms with Crippen molar-refractivity contribution in [1.29, 1.82) is 0 Å². The summed E-state index contributed by atoms with van der Waals surface area (Å²) in [7, 11) is -3.92. The molecule has 0 bridgehead atoms. The molecule has 1 saturated carbocycles. The van der Waals surface area contributed by atoms with Crippen LogP contribution in [0.1, 0.15) is 26.2 Å².